The van der Waals surface area contributed by atoms with Crippen molar-refractivity contribution >= 4 is 16.9 Å². The Hall–Kier alpha value is -1.62. The largest absolute Gasteiger partial charge is 0.354 e. The summed E-state index contributed by atoms with van der Waals surface area (Å²) < 4.78 is 2.05. The van der Waals surface area contributed by atoms with Crippen molar-refractivity contribution < 1.29 is 0 Å². The molecule has 1 saturated heterocycles. The van der Waals surface area contributed by atoms with Crippen LogP contribution >= 0.6 is 0 Å². The first-order valence-corrected chi connectivity index (χ1v) is 7.50. The first-order valence-electron chi connectivity index (χ1n) is 7.50. The highest BCUT2D eigenvalue weighted by atomic mass is 15.2. The molecule has 3 unspecified atom stereocenters. The second-order valence-corrected chi connectivity index (χ2v) is 6.28. The first kappa shape index (κ1) is 12.1. The molecule has 5 heteroatoms. The van der Waals surface area contributed by atoms with Crippen LogP contribution in [0, 0.1) is 11.8 Å². The van der Waals surface area contributed by atoms with Crippen LogP contribution in [-0.2, 0) is 7.05 Å². The monoisotopic (exact) mass is 271 g/mol. The molecule has 1 aliphatic carbocycles. The summed E-state index contributed by atoms with van der Waals surface area (Å²) in [7, 11) is 2.03. The molecule has 0 aromatic carbocycles. The summed E-state index contributed by atoms with van der Waals surface area (Å²) in [6.07, 6.45) is 7.52. The van der Waals surface area contributed by atoms with Crippen molar-refractivity contribution in [3.8, 4) is 0 Å². The SMILES string of the molecule is Cn1cnc2c(N3CC4CCCC(N)C4C3)nccc21. The van der Waals surface area contributed by atoms with E-state index in [1.54, 1.807) is 0 Å². The second-order valence-electron chi connectivity index (χ2n) is 6.28. The van der Waals surface area contributed by atoms with Crippen molar-refractivity contribution in [2.24, 2.45) is 24.6 Å². The molecule has 3 heterocycles. The van der Waals surface area contributed by atoms with Crippen LogP contribution < -0.4 is 10.6 Å². The normalized spacial score (nSPS) is 29.9. The van der Waals surface area contributed by atoms with Gasteiger partial charge in [-0.3, -0.25) is 0 Å². The highest BCUT2D eigenvalue weighted by Crippen LogP contribution is 2.38. The third-order valence-corrected chi connectivity index (χ3v) is 5.08. The number of anilines is 1. The van der Waals surface area contributed by atoms with Crippen molar-refractivity contribution in [3.63, 3.8) is 0 Å². The molecule has 5 nitrogen and oxygen atoms in total. The van der Waals surface area contributed by atoms with Gasteiger partial charge in [0.05, 0.1) is 11.8 Å². The fourth-order valence-electron chi connectivity index (χ4n) is 3.97. The fourth-order valence-corrected chi connectivity index (χ4v) is 3.97. The van der Waals surface area contributed by atoms with Gasteiger partial charge in [-0.25, -0.2) is 9.97 Å². The summed E-state index contributed by atoms with van der Waals surface area (Å²) in [4.78, 5) is 11.5. The molecule has 3 atom stereocenters. The predicted octanol–water partition coefficient (Wildman–Crippen LogP) is 1.53. The van der Waals surface area contributed by atoms with E-state index in [9.17, 15) is 0 Å². The zero-order chi connectivity index (χ0) is 13.7. The highest BCUT2D eigenvalue weighted by molar-refractivity contribution is 5.86. The van der Waals surface area contributed by atoms with E-state index in [0.29, 0.717) is 12.0 Å². The molecular weight excluding hydrogens is 250 g/mol. The zero-order valence-corrected chi connectivity index (χ0v) is 11.9. The maximum atomic E-state index is 6.31. The number of pyridine rings is 1. The number of hydrogen-bond donors (Lipinski definition) is 1. The molecule has 4 rings (SSSR count). The molecule has 2 aromatic heterocycles. The quantitative estimate of drug-likeness (QED) is 0.854. The lowest BCUT2D eigenvalue weighted by Gasteiger charge is -2.29. The number of nitrogens with zero attached hydrogens (tertiary/aromatic N) is 4. The molecule has 2 N–H and O–H groups in total. The number of imidazole rings is 1. The summed E-state index contributed by atoms with van der Waals surface area (Å²) in [5.41, 5.74) is 8.47. The number of aromatic nitrogens is 3. The Bertz CT molecular complexity index is 634. The minimum Gasteiger partial charge on any atom is -0.354 e. The summed E-state index contributed by atoms with van der Waals surface area (Å²) in [6, 6.07) is 2.39. The van der Waals surface area contributed by atoms with E-state index in [1.165, 1.54) is 19.3 Å². The summed E-state index contributed by atoms with van der Waals surface area (Å²) >= 11 is 0. The van der Waals surface area contributed by atoms with Crippen molar-refractivity contribution in [1.29, 1.82) is 0 Å². The number of nitrogens with two attached hydrogens (primary N) is 1. The molecule has 0 amide bonds. The third kappa shape index (κ3) is 1.73. The van der Waals surface area contributed by atoms with Gasteiger partial charge in [-0.15, -0.1) is 0 Å². The van der Waals surface area contributed by atoms with E-state index in [1.807, 2.05) is 25.6 Å². The Kier molecular flexibility index (Phi) is 2.70. The number of fused-ring (bicyclic) bond motifs is 2. The standard InChI is InChI=1S/C15H21N5/c1-19-9-18-14-13(19)5-6-17-15(14)20-7-10-3-2-4-12(16)11(10)8-20/h5-6,9-12H,2-4,7-8,16H2,1H3. The molecule has 106 valence electrons. The number of hydrogen-bond acceptors (Lipinski definition) is 4. The van der Waals surface area contributed by atoms with Crippen LogP contribution in [0.15, 0.2) is 18.6 Å². The molecule has 2 aromatic rings. The van der Waals surface area contributed by atoms with Gasteiger partial charge in [-0.1, -0.05) is 6.42 Å². The van der Waals surface area contributed by atoms with Crippen molar-refractivity contribution in [3.05, 3.63) is 18.6 Å². The van der Waals surface area contributed by atoms with Crippen molar-refractivity contribution in [2.75, 3.05) is 18.0 Å². The lowest BCUT2D eigenvalue weighted by atomic mass is 9.78. The highest BCUT2D eigenvalue weighted by Gasteiger charge is 2.39. The van der Waals surface area contributed by atoms with E-state index in [-0.39, 0.29) is 0 Å². The van der Waals surface area contributed by atoms with Gasteiger partial charge in [-0.05, 0) is 30.7 Å². The first-order chi connectivity index (χ1) is 9.74. The van der Waals surface area contributed by atoms with Gasteiger partial charge in [0.1, 0.15) is 5.52 Å². The van der Waals surface area contributed by atoms with Crippen LogP contribution in [0.25, 0.3) is 11.0 Å². The predicted molar refractivity (Wildman–Crippen MR) is 79.5 cm³/mol. The Labute approximate surface area is 118 Å². The van der Waals surface area contributed by atoms with Crippen LogP contribution in [-0.4, -0.2) is 33.7 Å². The molecule has 1 aliphatic heterocycles. The van der Waals surface area contributed by atoms with Crippen LogP contribution in [0.3, 0.4) is 0 Å². The van der Waals surface area contributed by atoms with Gasteiger partial charge >= 0.3 is 0 Å². The molecule has 0 spiro atoms. The van der Waals surface area contributed by atoms with Gasteiger partial charge in [0.2, 0.25) is 0 Å². The smallest absolute Gasteiger partial charge is 0.156 e. The Morgan fingerprint density at radius 1 is 1.25 bits per heavy atom. The Balaban J connectivity index is 1.70. The van der Waals surface area contributed by atoms with Crippen LogP contribution in [0.1, 0.15) is 19.3 Å². The minimum atomic E-state index is 0.363. The van der Waals surface area contributed by atoms with Crippen molar-refractivity contribution in [1.82, 2.24) is 14.5 Å². The summed E-state index contributed by atoms with van der Waals surface area (Å²) in [5.74, 6) is 2.40. The molecular formula is C15H21N5. The van der Waals surface area contributed by atoms with Gasteiger partial charge in [0, 0.05) is 32.4 Å². The van der Waals surface area contributed by atoms with Crippen LogP contribution in [0.4, 0.5) is 5.82 Å². The topological polar surface area (TPSA) is 60.0 Å². The van der Waals surface area contributed by atoms with Gasteiger partial charge in [0.15, 0.2) is 5.82 Å². The Morgan fingerprint density at radius 2 is 2.15 bits per heavy atom. The Morgan fingerprint density at radius 3 is 3.00 bits per heavy atom. The molecule has 0 radical (unpaired) electrons. The molecule has 20 heavy (non-hydrogen) atoms. The van der Waals surface area contributed by atoms with Gasteiger partial charge in [0.25, 0.3) is 0 Å². The second kappa shape index (κ2) is 4.45. The third-order valence-electron chi connectivity index (χ3n) is 5.08. The zero-order valence-electron chi connectivity index (χ0n) is 11.9. The van der Waals surface area contributed by atoms with Gasteiger partial charge < -0.3 is 15.2 Å². The maximum absolute atomic E-state index is 6.31. The van der Waals surface area contributed by atoms with E-state index in [2.05, 4.69) is 19.4 Å². The lowest BCUT2D eigenvalue weighted by Crippen LogP contribution is -2.38. The lowest BCUT2D eigenvalue weighted by molar-refractivity contribution is 0.260. The van der Waals surface area contributed by atoms with E-state index in [0.717, 1.165) is 35.9 Å². The van der Waals surface area contributed by atoms with Gasteiger partial charge in [-0.2, -0.15) is 0 Å². The molecule has 1 saturated carbocycles. The average molecular weight is 271 g/mol. The fraction of sp³-hybridized carbons (Fsp3) is 0.600. The van der Waals surface area contributed by atoms with E-state index < -0.39 is 0 Å². The minimum absolute atomic E-state index is 0.363. The molecule has 0 bridgehead atoms. The van der Waals surface area contributed by atoms with E-state index in [4.69, 9.17) is 5.73 Å². The van der Waals surface area contributed by atoms with Crippen LogP contribution in [0.2, 0.25) is 0 Å². The van der Waals surface area contributed by atoms with Crippen molar-refractivity contribution in [2.45, 2.75) is 25.3 Å². The summed E-state index contributed by atoms with van der Waals surface area (Å²) in [5, 5.41) is 0. The number of aryl methyl sites for hydroxylation is 1. The molecule has 2 aliphatic rings. The average Bonchev–Trinajstić information content (AvgIpc) is 3.04. The maximum Gasteiger partial charge on any atom is 0.156 e. The van der Waals surface area contributed by atoms with E-state index >= 15 is 0 Å². The summed E-state index contributed by atoms with van der Waals surface area (Å²) in [6.45, 7) is 2.12. The molecule has 2 fully saturated rings. The number of rotatable bonds is 1. The van der Waals surface area contributed by atoms with Crippen LogP contribution in [0.5, 0.6) is 0 Å².